The average molecular weight is 368 g/mol. The van der Waals surface area contributed by atoms with Gasteiger partial charge in [-0.05, 0) is 13.3 Å². The van der Waals surface area contributed by atoms with E-state index < -0.39 is 12.1 Å². The number of nitrogens with zero attached hydrogens (tertiary/aromatic N) is 4. The van der Waals surface area contributed by atoms with Gasteiger partial charge in [0.05, 0.1) is 6.42 Å². The van der Waals surface area contributed by atoms with Gasteiger partial charge in [-0.1, -0.05) is 24.1 Å². The van der Waals surface area contributed by atoms with Crippen molar-refractivity contribution in [3.8, 4) is 0 Å². The van der Waals surface area contributed by atoms with Crippen LogP contribution in [0.25, 0.3) is 0 Å². The number of imide groups is 2. The smallest absolute Gasteiger partial charge is 0.300 e. The molecule has 2 aliphatic rings. The van der Waals surface area contributed by atoms with Crippen LogP contribution in [0.1, 0.15) is 52.9 Å². The fourth-order valence-corrected chi connectivity index (χ4v) is 1.72. The molecule has 6 amide bonds. The molecule has 2 aliphatic heterocycles. The van der Waals surface area contributed by atoms with Gasteiger partial charge in [-0.3, -0.25) is 24.1 Å². The van der Waals surface area contributed by atoms with Gasteiger partial charge in [0, 0.05) is 32.9 Å². The van der Waals surface area contributed by atoms with E-state index in [1.807, 2.05) is 6.92 Å². The van der Waals surface area contributed by atoms with E-state index >= 15 is 0 Å². The van der Waals surface area contributed by atoms with Crippen LogP contribution in [0.5, 0.6) is 0 Å². The van der Waals surface area contributed by atoms with Crippen molar-refractivity contribution in [2.75, 3.05) is 13.6 Å². The van der Waals surface area contributed by atoms with E-state index in [1.54, 1.807) is 6.92 Å². The highest BCUT2D eigenvalue weighted by Gasteiger charge is 2.28. The minimum absolute atomic E-state index is 0.0261. The van der Waals surface area contributed by atoms with Crippen molar-refractivity contribution in [1.29, 1.82) is 0 Å². The van der Waals surface area contributed by atoms with Crippen molar-refractivity contribution < 1.29 is 28.8 Å². The number of rotatable bonds is 5. The number of azo groups is 1. The molecule has 1 saturated heterocycles. The van der Waals surface area contributed by atoms with Gasteiger partial charge in [0.1, 0.15) is 11.6 Å². The minimum Gasteiger partial charge on any atom is -0.300 e. The molecule has 26 heavy (non-hydrogen) atoms. The van der Waals surface area contributed by atoms with Crippen LogP contribution in [0.15, 0.2) is 10.2 Å². The molecule has 10 nitrogen and oxygen atoms in total. The topological polar surface area (TPSA) is 134 Å². The molecular formula is C16H24N4O6. The van der Waals surface area contributed by atoms with E-state index in [0.29, 0.717) is 25.8 Å². The van der Waals surface area contributed by atoms with Crippen LogP contribution in [0.3, 0.4) is 0 Å². The zero-order chi connectivity index (χ0) is 20.3. The Balaban J connectivity index is 0.000000361. The molecule has 0 N–H and O–H groups in total. The highest BCUT2D eigenvalue weighted by molar-refractivity contribution is 5.99. The molecule has 0 saturated carbocycles. The normalized spacial score (nSPS) is 14.8. The first-order chi connectivity index (χ1) is 12.1. The van der Waals surface area contributed by atoms with E-state index in [4.69, 9.17) is 0 Å². The number of likely N-dealkylation sites (tertiary alicyclic amines) is 1. The van der Waals surface area contributed by atoms with E-state index in [9.17, 15) is 28.8 Å². The average Bonchev–Trinajstić information content (AvgIpc) is 2.85. The fourth-order valence-electron chi connectivity index (χ4n) is 1.72. The first-order valence-electron chi connectivity index (χ1n) is 8.21. The van der Waals surface area contributed by atoms with Gasteiger partial charge in [0.2, 0.25) is 11.8 Å². The van der Waals surface area contributed by atoms with E-state index in [1.165, 1.54) is 18.9 Å². The number of carbonyl (C=O) groups is 6. The summed E-state index contributed by atoms with van der Waals surface area (Å²) in [6.07, 6.45) is 2.48. The summed E-state index contributed by atoms with van der Waals surface area (Å²) in [6, 6.07) is -1.20. The lowest BCUT2D eigenvalue weighted by Gasteiger charge is -2.27. The number of hydrogen-bond donors (Lipinski definition) is 0. The Morgan fingerprint density at radius 3 is 1.77 bits per heavy atom. The molecule has 0 atom stereocenters. The van der Waals surface area contributed by atoms with Crippen LogP contribution >= 0.6 is 0 Å². The number of β-lactam (4-membered cyclic amide) rings is 1. The summed E-state index contributed by atoms with van der Waals surface area (Å²) < 4.78 is 0. The van der Waals surface area contributed by atoms with Crippen LogP contribution in [-0.2, 0) is 19.2 Å². The molecule has 144 valence electrons. The summed E-state index contributed by atoms with van der Waals surface area (Å²) in [5.74, 6) is -0.0495. The predicted molar refractivity (Wildman–Crippen MR) is 90.3 cm³/mol. The maximum Gasteiger partial charge on any atom is 0.370 e. The van der Waals surface area contributed by atoms with Crippen molar-refractivity contribution in [3.63, 3.8) is 0 Å². The lowest BCUT2D eigenvalue weighted by atomic mass is 10.1. The van der Waals surface area contributed by atoms with Crippen molar-refractivity contribution in [2.45, 2.75) is 52.9 Å². The highest BCUT2D eigenvalue weighted by Crippen LogP contribution is 2.09. The van der Waals surface area contributed by atoms with Crippen molar-refractivity contribution >= 4 is 35.4 Å². The molecule has 0 aromatic heterocycles. The molecule has 0 bridgehead atoms. The van der Waals surface area contributed by atoms with E-state index in [2.05, 4.69) is 10.2 Å². The lowest BCUT2D eigenvalue weighted by molar-refractivity contribution is -0.152. The first-order valence-corrected chi connectivity index (χ1v) is 8.21. The molecule has 0 aromatic rings. The molecule has 2 rings (SSSR count). The summed E-state index contributed by atoms with van der Waals surface area (Å²) >= 11 is 0. The monoisotopic (exact) mass is 368 g/mol. The van der Waals surface area contributed by atoms with Gasteiger partial charge in [0.25, 0.3) is 0 Å². The SMILES string of the molecule is CCC(=O)N1CCC1=O.CCCC(=O)CC(C)=O.CN1C(=O)N=NC1=O. The maximum absolute atomic E-state index is 10.7. The molecule has 0 unspecified atom stereocenters. The minimum atomic E-state index is -0.602. The summed E-state index contributed by atoms with van der Waals surface area (Å²) in [5.41, 5.74) is 0. The number of hydrogen-bond acceptors (Lipinski definition) is 6. The zero-order valence-corrected chi connectivity index (χ0v) is 15.5. The maximum atomic E-state index is 10.7. The summed E-state index contributed by atoms with van der Waals surface area (Å²) in [4.78, 5) is 64.8. The number of carbonyl (C=O) groups excluding carboxylic acids is 6. The summed E-state index contributed by atoms with van der Waals surface area (Å²) in [7, 11) is 1.32. The molecule has 0 aromatic carbocycles. The molecule has 1 fully saturated rings. The molecule has 10 heteroatoms. The second kappa shape index (κ2) is 11.7. The number of urea groups is 2. The largest absolute Gasteiger partial charge is 0.370 e. The van der Waals surface area contributed by atoms with Gasteiger partial charge >= 0.3 is 12.1 Å². The molecular weight excluding hydrogens is 344 g/mol. The number of ketones is 2. The molecule has 0 aliphatic carbocycles. The Morgan fingerprint density at radius 1 is 1.04 bits per heavy atom. The molecule has 2 heterocycles. The summed E-state index contributed by atoms with van der Waals surface area (Å²) in [6.45, 7) is 5.75. The van der Waals surface area contributed by atoms with Crippen molar-refractivity contribution in [3.05, 3.63) is 0 Å². The standard InChI is InChI=1S/C7H12O2.C6H9NO2.C3H3N3O2/c1-3-4-7(9)5-6(2)8;1-2-5(8)7-4-3-6(7)9;1-6-2(7)4-5-3(6)8/h3-5H2,1-2H3;2-4H2,1H3;1H3. The van der Waals surface area contributed by atoms with Gasteiger partial charge in [-0.25, -0.2) is 14.5 Å². The Bertz CT molecular complexity index is 596. The first kappa shape index (κ1) is 23.2. The Labute approximate surface area is 151 Å². The molecule has 0 spiro atoms. The van der Waals surface area contributed by atoms with Crippen LogP contribution in [0, 0.1) is 0 Å². The van der Waals surface area contributed by atoms with Gasteiger partial charge in [0.15, 0.2) is 0 Å². The van der Waals surface area contributed by atoms with E-state index in [0.717, 1.165) is 11.3 Å². The second-order valence-electron chi connectivity index (χ2n) is 5.53. The van der Waals surface area contributed by atoms with Crippen LogP contribution in [0.2, 0.25) is 0 Å². The Morgan fingerprint density at radius 2 is 1.58 bits per heavy atom. The summed E-state index contributed by atoms with van der Waals surface area (Å²) in [5, 5.41) is 5.92. The Hall–Kier alpha value is -2.78. The predicted octanol–water partition coefficient (Wildman–Crippen LogP) is 2.11. The number of amides is 6. The van der Waals surface area contributed by atoms with E-state index in [-0.39, 0.29) is 29.8 Å². The zero-order valence-electron chi connectivity index (χ0n) is 15.5. The second-order valence-corrected chi connectivity index (χ2v) is 5.53. The quantitative estimate of drug-likeness (QED) is 0.539. The fraction of sp³-hybridized carbons (Fsp3) is 0.625. The Kier molecular flexibility index (Phi) is 10.5. The third-order valence-corrected chi connectivity index (χ3v) is 3.22. The van der Waals surface area contributed by atoms with Crippen LogP contribution in [-0.4, -0.2) is 58.8 Å². The lowest BCUT2D eigenvalue weighted by Crippen LogP contribution is -2.47. The third-order valence-electron chi connectivity index (χ3n) is 3.22. The van der Waals surface area contributed by atoms with Crippen LogP contribution < -0.4 is 0 Å². The van der Waals surface area contributed by atoms with Gasteiger partial charge in [-0.15, -0.1) is 0 Å². The van der Waals surface area contributed by atoms with Gasteiger partial charge < -0.3 is 0 Å². The third kappa shape index (κ3) is 8.36. The van der Waals surface area contributed by atoms with Crippen LogP contribution in [0.4, 0.5) is 9.59 Å². The highest BCUT2D eigenvalue weighted by atomic mass is 16.2. The number of Topliss-reactive ketones (excluding diaryl/α,β-unsaturated/α-hetero) is 2. The molecule has 0 radical (unpaired) electrons. The van der Waals surface area contributed by atoms with Crippen molar-refractivity contribution in [1.82, 2.24) is 9.80 Å². The van der Waals surface area contributed by atoms with Gasteiger partial charge in [-0.2, -0.15) is 0 Å². The van der Waals surface area contributed by atoms with Crippen molar-refractivity contribution in [2.24, 2.45) is 10.2 Å².